The number of pyridine rings is 1. The van der Waals surface area contributed by atoms with Gasteiger partial charge in [0.2, 0.25) is 0 Å². The largest absolute Gasteiger partial charge is 0.264 e. The quantitative estimate of drug-likeness (QED) is 0.695. The molecule has 0 radical (unpaired) electrons. The van der Waals surface area contributed by atoms with Gasteiger partial charge in [0.15, 0.2) is 0 Å². The van der Waals surface area contributed by atoms with Gasteiger partial charge in [-0.05, 0) is 13.0 Å². The highest BCUT2D eigenvalue weighted by Crippen LogP contribution is 2.29. The predicted octanol–water partition coefficient (Wildman–Crippen LogP) is 3.51. The molecule has 3 heteroatoms. The molecule has 0 unspecified atom stereocenters. The first-order valence-corrected chi connectivity index (χ1v) is 6.14. The van der Waals surface area contributed by atoms with E-state index in [0.717, 1.165) is 28.2 Å². The van der Waals surface area contributed by atoms with Gasteiger partial charge in [-0.2, -0.15) is 0 Å². The zero-order valence-corrected chi connectivity index (χ0v) is 10.6. The predicted molar refractivity (Wildman–Crippen MR) is 75.4 cm³/mol. The fourth-order valence-electron chi connectivity index (χ4n) is 2.02. The normalized spacial score (nSPS) is 10.4. The van der Waals surface area contributed by atoms with Crippen LogP contribution in [-0.4, -0.2) is 15.0 Å². The third-order valence-electron chi connectivity index (χ3n) is 2.93. The lowest BCUT2D eigenvalue weighted by atomic mass is 10.0. The van der Waals surface area contributed by atoms with Crippen LogP contribution >= 0.6 is 0 Å². The van der Waals surface area contributed by atoms with Crippen LogP contribution in [-0.2, 0) is 0 Å². The highest BCUT2D eigenvalue weighted by atomic mass is 14.9. The Morgan fingerprint density at radius 3 is 2.37 bits per heavy atom. The maximum absolute atomic E-state index is 4.58. The molecule has 0 aliphatic rings. The van der Waals surface area contributed by atoms with Crippen LogP contribution in [0.4, 0.5) is 0 Å². The summed E-state index contributed by atoms with van der Waals surface area (Å²) in [6.07, 6.45) is 5.46. The summed E-state index contributed by atoms with van der Waals surface area (Å²) in [5.74, 6) is 0.770. The monoisotopic (exact) mass is 247 g/mol. The van der Waals surface area contributed by atoms with E-state index in [9.17, 15) is 0 Å². The van der Waals surface area contributed by atoms with Crippen molar-refractivity contribution in [1.82, 2.24) is 15.0 Å². The van der Waals surface area contributed by atoms with Crippen molar-refractivity contribution in [2.75, 3.05) is 0 Å². The second kappa shape index (κ2) is 4.98. The van der Waals surface area contributed by atoms with E-state index in [2.05, 4.69) is 27.1 Å². The van der Waals surface area contributed by atoms with Crippen LogP contribution < -0.4 is 0 Å². The van der Waals surface area contributed by atoms with Gasteiger partial charge in [-0.3, -0.25) is 4.98 Å². The van der Waals surface area contributed by atoms with Gasteiger partial charge in [-0.1, -0.05) is 36.4 Å². The van der Waals surface area contributed by atoms with Gasteiger partial charge in [0.1, 0.15) is 5.82 Å². The molecule has 3 nitrogen and oxygen atoms in total. The Morgan fingerprint density at radius 1 is 0.842 bits per heavy atom. The molecule has 0 fully saturated rings. The Balaban J connectivity index is 2.21. The van der Waals surface area contributed by atoms with Crippen LogP contribution in [0.15, 0.2) is 61.1 Å². The summed E-state index contributed by atoms with van der Waals surface area (Å²) < 4.78 is 0. The molecule has 0 aliphatic carbocycles. The van der Waals surface area contributed by atoms with Gasteiger partial charge in [0.25, 0.3) is 0 Å². The topological polar surface area (TPSA) is 38.7 Å². The summed E-state index contributed by atoms with van der Waals surface area (Å²) in [5, 5.41) is 0. The van der Waals surface area contributed by atoms with E-state index in [-0.39, 0.29) is 0 Å². The number of nitrogens with zero attached hydrogens (tertiary/aromatic N) is 3. The van der Waals surface area contributed by atoms with E-state index in [4.69, 9.17) is 0 Å². The minimum atomic E-state index is 0.770. The zero-order valence-electron chi connectivity index (χ0n) is 10.6. The number of aromatic nitrogens is 3. The Morgan fingerprint density at radius 2 is 1.63 bits per heavy atom. The molecule has 0 N–H and O–H groups in total. The molecule has 0 saturated heterocycles. The Bertz CT molecular complexity index is 679. The van der Waals surface area contributed by atoms with Crippen LogP contribution in [0, 0.1) is 6.92 Å². The number of hydrogen-bond acceptors (Lipinski definition) is 3. The SMILES string of the molecule is Cc1ncc(-c2cccnc2)c(-c2ccccc2)n1. The van der Waals surface area contributed by atoms with Crippen molar-refractivity contribution in [3.05, 3.63) is 66.9 Å². The molecule has 0 bridgehead atoms. The third-order valence-corrected chi connectivity index (χ3v) is 2.93. The molecule has 0 aliphatic heterocycles. The summed E-state index contributed by atoms with van der Waals surface area (Å²) in [7, 11) is 0. The van der Waals surface area contributed by atoms with Crippen molar-refractivity contribution >= 4 is 0 Å². The van der Waals surface area contributed by atoms with Gasteiger partial charge in [-0.15, -0.1) is 0 Å². The van der Waals surface area contributed by atoms with Crippen molar-refractivity contribution in [1.29, 1.82) is 0 Å². The smallest absolute Gasteiger partial charge is 0.125 e. The molecule has 3 aromatic rings. The van der Waals surface area contributed by atoms with Crippen molar-refractivity contribution in [3.63, 3.8) is 0 Å². The lowest BCUT2D eigenvalue weighted by molar-refractivity contribution is 1.06. The minimum Gasteiger partial charge on any atom is -0.264 e. The maximum Gasteiger partial charge on any atom is 0.125 e. The van der Waals surface area contributed by atoms with E-state index >= 15 is 0 Å². The molecular formula is C16H13N3. The molecule has 92 valence electrons. The van der Waals surface area contributed by atoms with E-state index in [1.54, 1.807) is 6.20 Å². The second-order valence-corrected chi connectivity index (χ2v) is 4.29. The van der Waals surface area contributed by atoms with E-state index in [1.165, 1.54) is 0 Å². The van der Waals surface area contributed by atoms with E-state index in [0.29, 0.717) is 0 Å². The summed E-state index contributed by atoms with van der Waals surface area (Å²) in [6.45, 7) is 1.90. The van der Waals surface area contributed by atoms with Gasteiger partial charge >= 0.3 is 0 Å². The van der Waals surface area contributed by atoms with E-state index in [1.807, 2.05) is 49.6 Å². The third kappa shape index (κ3) is 2.36. The first kappa shape index (κ1) is 11.5. The van der Waals surface area contributed by atoms with Gasteiger partial charge in [0.05, 0.1) is 5.69 Å². The Hall–Kier alpha value is -2.55. The van der Waals surface area contributed by atoms with Gasteiger partial charge in [0, 0.05) is 35.3 Å². The summed E-state index contributed by atoms with van der Waals surface area (Å²) in [4.78, 5) is 13.0. The van der Waals surface area contributed by atoms with E-state index < -0.39 is 0 Å². The minimum absolute atomic E-state index is 0.770. The highest BCUT2D eigenvalue weighted by Gasteiger charge is 2.09. The average molecular weight is 247 g/mol. The van der Waals surface area contributed by atoms with Crippen LogP contribution in [0.5, 0.6) is 0 Å². The zero-order chi connectivity index (χ0) is 13.1. The molecule has 1 aromatic carbocycles. The molecule has 0 atom stereocenters. The standard InChI is InChI=1S/C16H13N3/c1-12-18-11-15(14-8-5-9-17-10-14)16(19-12)13-6-3-2-4-7-13/h2-11H,1H3. The first-order chi connectivity index (χ1) is 9.34. The van der Waals surface area contributed by atoms with Crippen molar-refractivity contribution in [2.24, 2.45) is 0 Å². The van der Waals surface area contributed by atoms with Crippen molar-refractivity contribution in [3.8, 4) is 22.4 Å². The lowest BCUT2D eigenvalue weighted by Gasteiger charge is -2.09. The highest BCUT2D eigenvalue weighted by molar-refractivity contribution is 5.79. The molecule has 19 heavy (non-hydrogen) atoms. The lowest BCUT2D eigenvalue weighted by Crippen LogP contribution is -1.95. The molecule has 2 heterocycles. The number of hydrogen-bond donors (Lipinski definition) is 0. The summed E-state index contributed by atoms with van der Waals surface area (Å²) >= 11 is 0. The molecule has 2 aromatic heterocycles. The number of aryl methyl sites for hydroxylation is 1. The summed E-state index contributed by atoms with van der Waals surface area (Å²) in [5.41, 5.74) is 4.07. The first-order valence-electron chi connectivity index (χ1n) is 6.14. The van der Waals surface area contributed by atoms with Crippen molar-refractivity contribution < 1.29 is 0 Å². The number of benzene rings is 1. The fourth-order valence-corrected chi connectivity index (χ4v) is 2.02. The molecule has 3 rings (SSSR count). The molecule has 0 spiro atoms. The van der Waals surface area contributed by atoms with Gasteiger partial charge in [-0.25, -0.2) is 9.97 Å². The average Bonchev–Trinajstić information content (AvgIpc) is 2.49. The molecular weight excluding hydrogens is 234 g/mol. The molecule has 0 amide bonds. The van der Waals surface area contributed by atoms with Gasteiger partial charge < -0.3 is 0 Å². The van der Waals surface area contributed by atoms with Crippen LogP contribution in [0.3, 0.4) is 0 Å². The fraction of sp³-hybridized carbons (Fsp3) is 0.0625. The van der Waals surface area contributed by atoms with Crippen LogP contribution in [0.25, 0.3) is 22.4 Å². The van der Waals surface area contributed by atoms with Crippen molar-refractivity contribution in [2.45, 2.75) is 6.92 Å². The second-order valence-electron chi connectivity index (χ2n) is 4.29. The Kier molecular flexibility index (Phi) is 3.02. The maximum atomic E-state index is 4.58. The number of rotatable bonds is 2. The van der Waals surface area contributed by atoms with Crippen LogP contribution in [0.1, 0.15) is 5.82 Å². The summed E-state index contributed by atoms with van der Waals surface area (Å²) in [6, 6.07) is 14.1. The molecule has 0 saturated carbocycles. The van der Waals surface area contributed by atoms with Crippen LogP contribution in [0.2, 0.25) is 0 Å². The Labute approximate surface area is 112 Å².